The molecule has 4 heterocycles. The van der Waals surface area contributed by atoms with Gasteiger partial charge in [0.15, 0.2) is 0 Å². The third-order valence-electron chi connectivity index (χ3n) is 5.60. The van der Waals surface area contributed by atoms with E-state index < -0.39 is 8.07 Å². The Morgan fingerprint density at radius 2 is 1.86 bits per heavy atom. The molecule has 4 aromatic heterocycles. The number of ether oxygens (including phenoxy) is 2. The van der Waals surface area contributed by atoms with Gasteiger partial charge >= 0.3 is 0 Å². The van der Waals surface area contributed by atoms with Gasteiger partial charge in [-0.05, 0) is 30.3 Å². The van der Waals surface area contributed by atoms with Gasteiger partial charge in [-0.3, -0.25) is 14.8 Å². The van der Waals surface area contributed by atoms with Gasteiger partial charge in [0, 0.05) is 51.8 Å². The number of pyridine rings is 3. The summed E-state index contributed by atoms with van der Waals surface area (Å²) in [5.74, 6) is 0.986. The molecule has 0 radical (unpaired) electrons. The van der Waals surface area contributed by atoms with Crippen LogP contribution in [-0.2, 0) is 16.3 Å². The maximum Gasteiger partial charge on any atom is 0.222 e. The molecule has 182 valence electrons. The zero-order valence-electron chi connectivity index (χ0n) is 20.8. The largest absolute Gasteiger partial charge is 0.494 e. The molecule has 0 aromatic carbocycles. The van der Waals surface area contributed by atoms with Crippen LogP contribution < -0.4 is 10.1 Å². The van der Waals surface area contributed by atoms with Crippen molar-refractivity contribution in [2.75, 3.05) is 19.0 Å². The summed E-state index contributed by atoms with van der Waals surface area (Å²) in [6, 6.07) is 12.5. The summed E-state index contributed by atoms with van der Waals surface area (Å²) in [6.07, 6.45) is 5.19. The second kappa shape index (κ2) is 10.4. The molecule has 8 nitrogen and oxygen atoms in total. The van der Waals surface area contributed by atoms with Crippen LogP contribution in [0.1, 0.15) is 6.92 Å². The standard InChI is InChI=1S/C26H31N5O3Si/c1-18(32)30-22-16-19(9-12-28-22)25-23(20-8-6-7-11-27-20)24-26(21(33-2)10-13-29-24)31(25)17-34-14-15-35(3,4)5/h6-13,16H,14-15,17H2,1-5H3,(H,28,30,32). The van der Waals surface area contributed by atoms with E-state index >= 15 is 0 Å². The summed E-state index contributed by atoms with van der Waals surface area (Å²) in [7, 11) is 0.408. The lowest BCUT2D eigenvalue weighted by molar-refractivity contribution is -0.114. The smallest absolute Gasteiger partial charge is 0.222 e. The molecular formula is C26H31N5O3Si. The molecule has 0 unspecified atom stereocenters. The first-order valence-electron chi connectivity index (χ1n) is 11.6. The molecule has 0 saturated carbocycles. The molecule has 0 aliphatic heterocycles. The van der Waals surface area contributed by atoms with Crippen molar-refractivity contribution in [1.29, 1.82) is 0 Å². The molecule has 9 heteroatoms. The van der Waals surface area contributed by atoms with Gasteiger partial charge in [0.25, 0.3) is 0 Å². The van der Waals surface area contributed by atoms with Gasteiger partial charge in [-0.2, -0.15) is 0 Å². The molecule has 1 N–H and O–H groups in total. The summed E-state index contributed by atoms with van der Waals surface area (Å²) in [5.41, 5.74) is 4.98. The van der Waals surface area contributed by atoms with E-state index in [1.165, 1.54) is 6.92 Å². The number of carbonyl (C=O) groups is 1. The SMILES string of the molecule is COc1ccnc2c(-c3ccccn3)c(-c3ccnc(NC(C)=O)c3)n(COCC[Si](C)(C)C)c12. The van der Waals surface area contributed by atoms with Crippen LogP contribution in [0.3, 0.4) is 0 Å². The highest BCUT2D eigenvalue weighted by Gasteiger charge is 2.25. The first-order chi connectivity index (χ1) is 16.8. The number of nitrogens with zero attached hydrogens (tertiary/aromatic N) is 4. The summed E-state index contributed by atoms with van der Waals surface area (Å²) >= 11 is 0. The number of carbonyl (C=O) groups excluding carboxylic acids is 1. The Morgan fingerprint density at radius 3 is 2.54 bits per heavy atom. The number of amides is 1. The molecule has 1 amide bonds. The Morgan fingerprint density at radius 1 is 1.06 bits per heavy atom. The molecule has 0 spiro atoms. The molecule has 35 heavy (non-hydrogen) atoms. The minimum atomic E-state index is -1.24. The third-order valence-corrected chi connectivity index (χ3v) is 7.30. The zero-order valence-corrected chi connectivity index (χ0v) is 21.8. The Bertz CT molecular complexity index is 1330. The number of hydrogen-bond acceptors (Lipinski definition) is 6. The van der Waals surface area contributed by atoms with Crippen LogP contribution in [0.4, 0.5) is 5.82 Å². The van der Waals surface area contributed by atoms with Crippen molar-refractivity contribution in [3.05, 3.63) is 55.0 Å². The fraction of sp³-hybridized carbons (Fsp3) is 0.308. The van der Waals surface area contributed by atoms with E-state index in [1.807, 2.05) is 36.4 Å². The molecule has 0 atom stereocenters. The summed E-state index contributed by atoms with van der Waals surface area (Å²) in [5, 5.41) is 2.78. The van der Waals surface area contributed by atoms with E-state index in [0.717, 1.165) is 39.6 Å². The van der Waals surface area contributed by atoms with E-state index in [1.54, 1.807) is 25.7 Å². The minimum Gasteiger partial charge on any atom is -0.494 e. The molecule has 4 rings (SSSR count). The molecule has 0 aliphatic rings. The highest BCUT2D eigenvalue weighted by molar-refractivity contribution is 6.76. The van der Waals surface area contributed by atoms with Gasteiger partial charge in [-0.15, -0.1) is 0 Å². The van der Waals surface area contributed by atoms with Gasteiger partial charge in [0.2, 0.25) is 5.91 Å². The average molecular weight is 490 g/mol. The summed E-state index contributed by atoms with van der Waals surface area (Å²) in [6.45, 7) is 9.46. The van der Waals surface area contributed by atoms with Crippen LogP contribution in [0.5, 0.6) is 5.75 Å². The van der Waals surface area contributed by atoms with Crippen molar-refractivity contribution < 1.29 is 14.3 Å². The van der Waals surface area contributed by atoms with E-state index in [-0.39, 0.29) is 5.91 Å². The molecule has 0 saturated heterocycles. The van der Waals surface area contributed by atoms with Crippen molar-refractivity contribution in [3.63, 3.8) is 0 Å². The first kappa shape index (κ1) is 24.6. The number of anilines is 1. The lowest BCUT2D eigenvalue weighted by Gasteiger charge is -2.18. The summed E-state index contributed by atoms with van der Waals surface area (Å²) < 4.78 is 14.0. The summed E-state index contributed by atoms with van der Waals surface area (Å²) in [4.78, 5) is 25.4. The molecule has 4 aromatic rings. The van der Waals surface area contributed by atoms with Crippen LogP contribution in [0.15, 0.2) is 55.0 Å². The normalized spacial score (nSPS) is 11.6. The van der Waals surface area contributed by atoms with Crippen molar-refractivity contribution >= 4 is 30.8 Å². The maximum absolute atomic E-state index is 11.7. The van der Waals surface area contributed by atoms with Crippen LogP contribution in [0.2, 0.25) is 25.7 Å². The predicted octanol–water partition coefficient (Wildman–Crippen LogP) is 5.44. The Balaban J connectivity index is 1.95. The lowest BCUT2D eigenvalue weighted by atomic mass is 10.0. The number of fused-ring (bicyclic) bond motifs is 1. The maximum atomic E-state index is 11.7. The van der Waals surface area contributed by atoms with Crippen LogP contribution >= 0.6 is 0 Å². The number of nitrogens with one attached hydrogen (secondary N) is 1. The number of hydrogen-bond donors (Lipinski definition) is 1. The number of aromatic nitrogens is 4. The molecule has 0 aliphatic carbocycles. The van der Waals surface area contributed by atoms with Crippen molar-refractivity contribution in [1.82, 2.24) is 19.5 Å². The fourth-order valence-corrected chi connectivity index (χ4v) is 4.70. The minimum absolute atomic E-state index is 0.182. The van der Waals surface area contributed by atoms with E-state index in [4.69, 9.17) is 14.5 Å². The van der Waals surface area contributed by atoms with Gasteiger partial charge in [0.1, 0.15) is 29.3 Å². The predicted molar refractivity (Wildman–Crippen MR) is 141 cm³/mol. The van der Waals surface area contributed by atoms with Crippen molar-refractivity contribution in [2.45, 2.75) is 39.3 Å². The van der Waals surface area contributed by atoms with Gasteiger partial charge in [-0.25, -0.2) is 4.98 Å². The van der Waals surface area contributed by atoms with Gasteiger partial charge in [0.05, 0.1) is 24.1 Å². The van der Waals surface area contributed by atoms with E-state index in [2.05, 4.69) is 39.5 Å². The molecule has 0 bridgehead atoms. The quantitative estimate of drug-likeness (QED) is 0.249. The van der Waals surface area contributed by atoms with Gasteiger partial charge < -0.3 is 19.4 Å². The highest BCUT2D eigenvalue weighted by Crippen LogP contribution is 2.42. The first-order valence-corrected chi connectivity index (χ1v) is 15.3. The van der Waals surface area contributed by atoms with Crippen LogP contribution in [0, 0.1) is 0 Å². The van der Waals surface area contributed by atoms with Gasteiger partial charge in [-0.1, -0.05) is 25.7 Å². The number of rotatable bonds is 9. The number of methoxy groups -OCH3 is 1. The zero-order chi connectivity index (χ0) is 25.0. The van der Waals surface area contributed by atoms with Crippen molar-refractivity contribution in [3.8, 4) is 28.3 Å². The molecular weight excluding hydrogens is 458 g/mol. The van der Waals surface area contributed by atoms with Crippen molar-refractivity contribution in [2.24, 2.45) is 0 Å². The second-order valence-corrected chi connectivity index (χ2v) is 15.2. The Labute approximate surface area is 206 Å². The average Bonchev–Trinajstić information content (AvgIpc) is 3.16. The topological polar surface area (TPSA) is 91.2 Å². The van der Waals surface area contributed by atoms with E-state index in [9.17, 15) is 4.79 Å². The fourth-order valence-electron chi connectivity index (χ4n) is 3.95. The van der Waals surface area contributed by atoms with Crippen LogP contribution in [-0.4, -0.2) is 47.2 Å². The highest BCUT2D eigenvalue weighted by atomic mass is 28.3. The van der Waals surface area contributed by atoms with Crippen LogP contribution in [0.25, 0.3) is 33.5 Å². The second-order valence-electron chi connectivity index (χ2n) is 9.54. The Hall–Kier alpha value is -3.56. The molecule has 0 fully saturated rings. The third kappa shape index (κ3) is 5.58. The van der Waals surface area contributed by atoms with E-state index in [0.29, 0.717) is 24.9 Å². The monoisotopic (exact) mass is 489 g/mol. The Kier molecular flexibility index (Phi) is 7.27. The lowest BCUT2D eigenvalue weighted by Crippen LogP contribution is -2.22.